The molecular formula is C22H17F4N3O2. The van der Waals surface area contributed by atoms with Gasteiger partial charge in [0.05, 0.1) is 18.0 Å². The third-order valence-electron chi connectivity index (χ3n) is 5.78. The van der Waals surface area contributed by atoms with E-state index in [9.17, 15) is 27.6 Å². The summed E-state index contributed by atoms with van der Waals surface area (Å²) in [6, 6.07) is 6.76. The Hall–Kier alpha value is -3.41. The molecule has 160 valence electrons. The Morgan fingerprint density at radius 1 is 1.26 bits per heavy atom. The van der Waals surface area contributed by atoms with E-state index < -0.39 is 47.7 Å². The second-order valence-corrected chi connectivity index (χ2v) is 7.58. The van der Waals surface area contributed by atoms with Crippen LogP contribution in [0.3, 0.4) is 0 Å². The van der Waals surface area contributed by atoms with Crippen molar-refractivity contribution >= 4 is 10.9 Å². The van der Waals surface area contributed by atoms with E-state index in [1.54, 1.807) is 0 Å². The summed E-state index contributed by atoms with van der Waals surface area (Å²) >= 11 is 0. The number of pyridine rings is 2. The normalized spacial score (nSPS) is 20.4. The average molecular weight is 431 g/mol. The zero-order chi connectivity index (χ0) is 22.3. The van der Waals surface area contributed by atoms with Crippen LogP contribution in [0, 0.1) is 23.0 Å². The lowest BCUT2D eigenvalue weighted by Crippen LogP contribution is -2.31. The molecule has 1 unspecified atom stereocenters. The van der Waals surface area contributed by atoms with Gasteiger partial charge >= 0.3 is 0 Å². The minimum Gasteiger partial charge on any atom is -0.493 e. The van der Waals surface area contributed by atoms with Crippen molar-refractivity contribution in [3.8, 4) is 11.8 Å². The van der Waals surface area contributed by atoms with Crippen molar-refractivity contribution in [1.29, 1.82) is 5.26 Å². The molecule has 0 saturated heterocycles. The predicted octanol–water partition coefficient (Wildman–Crippen LogP) is 4.77. The Morgan fingerprint density at radius 2 is 2.03 bits per heavy atom. The van der Waals surface area contributed by atoms with Crippen LogP contribution in [0.25, 0.3) is 10.9 Å². The van der Waals surface area contributed by atoms with Crippen molar-refractivity contribution in [3.63, 3.8) is 0 Å². The fraction of sp³-hybridized carbons (Fsp3) is 0.318. The quantitative estimate of drug-likeness (QED) is 0.606. The standard InChI is InChI=1S/C22H17F4N3O2/c1-31-21-12(2-3-14(23)20(21)24)11-4-6-22(25,26)9-13(11)16-8-18(30)19-15(29-16)5-7-28-17(19)10-27/h2-3,5,7-8,11,13H,4,6,9H2,1H3,(H,29,30)/t11?,13-/m1/s1. The van der Waals surface area contributed by atoms with Crippen LogP contribution in [0.4, 0.5) is 17.6 Å². The van der Waals surface area contributed by atoms with Crippen molar-refractivity contribution in [1.82, 2.24) is 9.97 Å². The molecule has 9 heteroatoms. The van der Waals surface area contributed by atoms with Crippen molar-refractivity contribution in [2.24, 2.45) is 0 Å². The van der Waals surface area contributed by atoms with Crippen LogP contribution in [0.15, 0.2) is 35.3 Å². The first-order chi connectivity index (χ1) is 14.8. The van der Waals surface area contributed by atoms with Crippen LogP contribution in [0.1, 0.15) is 48.0 Å². The number of nitrogens with one attached hydrogen (secondary N) is 1. The zero-order valence-corrected chi connectivity index (χ0v) is 16.4. The SMILES string of the molecule is COc1c(C2CCC(F)(F)C[C@H]2c2cc(=O)c3c(C#N)nccc3[nH]2)ccc(F)c1F. The monoisotopic (exact) mass is 431 g/mol. The Labute approximate surface area is 174 Å². The van der Waals surface area contributed by atoms with Crippen LogP contribution in [0.2, 0.25) is 0 Å². The molecule has 1 aliphatic carbocycles. The summed E-state index contributed by atoms with van der Waals surface area (Å²) in [7, 11) is 1.18. The number of ether oxygens (including phenoxy) is 1. The van der Waals surface area contributed by atoms with Gasteiger partial charge in [0.1, 0.15) is 6.07 Å². The number of aromatic nitrogens is 2. The third-order valence-corrected chi connectivity index (χ3v) is 5.78. The smallest absolute Gasteiger partial charge is 0.248 e. The van der Waals surface area contributed by atoms with E-state index in [1.165, 1.54) is 31.5 Å². The molecule has 1 aromatic carbocycles. The molecular weight excluding hydrogens is 414 g/mol. The molecule has 2 atom stereocenters. The molecule has 5 nitrogen and oxygen atoms in total. The van der Waals surface area contributed by atoms with E-state index in [2.05, 4.69) is 9.97 Å². The number of nitriles is 1. The van der Waals surface area contributed by atoms with Crippen LogP contribution in [-0.4, -0.2) is 23.0 Å². The maximum Gasteiger partial charge on any atom is 0.248 e. The number of nitrogens with zero attached hydrogens (tertiary/aromatic N) is 2. The first-order valence-corrected chi connectivity index (χ1v) is 9.57. The molecule has 1 saturated carbocycles. The van der Waals surface area contributed by atoms with Gasteiger partial charge in [-0.05, 0) is 24.5 Å². The Kier molecular flexibility index (Phi) is 5.17. The minimum atomic E-state index is -2.99. The number of alkyl halides is 2. The van der Waals surface area contributed by atoms with Gasteiger partial charge in [-0.25, -0.2) is 18.2 Å². The second kappa shape index (κ2) is 7.69. The average Bonchev–Trinajstić information content (AvgIpc) is 2.74. The molecule has 0 spiro atoms. The predicted molar refractivity (Wildman–Crippen MR) is 104 cm³/mol. The van der Waals surface area contributed by atoms with E-state index in [4.69, 9.17) is 4.74 Å². The van der Waals surface area contributed by atoms with Crippen LogP contribution < -0.4 is 10.2 Å². The highest BCUT2D eigenvalue weighted by atomic mass is 19.3. The van der Waals surface area contributed by atoms with Crippen LogP contribution in [0.5, 0.6) is 5.75 Å². The lowest BCUT2D eigenvalue weighted by atomic mass is 9.72. The van der Waals surface area contributed by atoms with Gasteiger partial charge < -0.3 is 9.72 Å². The fourth-order valence-electron chi connectivity index (χ4n) is 4.38. The number of halogens is 4. The summed E-state index contributed by atoms with van der Waals surface area (Å²) in [5, 5.41) is 9.27. The number of aromatic amines is 1. The van der Waals surface area contributed by atoms with Crippen molar-refractivity contribution < 1.29 is 22.3 Å². The molecule has 0 radical (unpaired) electrons. The van der Waals surface area contributed by atoms with Gasteiger partial charge in [0, 0.05) is 42.3 Å². The summed E-state index contributed by atoms with van der Waals surface area (Å²) in [6.07, 6.45) is 0.305. The number of hydrogen-bond donors (Lipinski definition) is 1. The fourth-order valence-corrected chi connectivity index (χ4v) is 4.38. The Balaban J connectivity index is 1.89. The van der Waals surface area contributed by atoms with Gasteiger partial charge in [0.2, 0.25) is 11.7 Å². The molecule has 31 heavy (non-hydrogen) atoms. The number of methoxy groups -OCH3 is 1. The van der Waals surface area contributed by atoms with Crippen LogP contribution >= 0.6 is 0 Å². The molecule has 1 N–H and O–H groups in total. The molecule has 2 heterocycles. The summed E-state index contributed by atoms with van der Waals surface area (Å²) in [5.74, 6) is -7.15. The summed E-state index contributed by atoms with van der Waals surface area (Å²) in [6.45, 7) is 0. The van der Waals surface area contributed by atoms with Crippen LogP contribution in [-0.2, 0) is 0 Å². The van der Waals surface area contributed by atoms with E-state index in [0.29, 0.717) is 5.52 Å². The van der Waals surface area contributed by atoms with Crippen molar-refractivity contribution in [2.75, 3.05) is 7.11 Å². The van der Waals surface area contributed by atoms with E-state index >= 15 is 0 Å². The lowest BCUT2D eigenvalue weighted by Gasteiger charge is -2.37. The number of H-pyrrole nitrogens is 1. The first-order valence-electron chi connectivity index (χ1n) is 9.57. The maximum atomic E-state index is 14.4. The molecule has 4 rings (SSSR count). The summed E-state index contributed by atoms with van der Waals surface area (Å²) < 4.78 is 61.8. The highest BCUT2D eigenvalue weighted by Gasteiger charge is 2.44. The topological polar surface area (TPSA) is 78.8 Å². The molecule has 0 amide bonds. The zero-order valence-electron chi connectivity index (χ0n) is 16.4. The molecule has 1 aliphatic rings. The second-order valence-electron chi connectivity index (χ2n) is 7.58. The number of fused-ring (bicyclic) bond motifs is 1. The highest BCUT2D eigenvalue weighted by Crippen LogP contribution is 2.51. The number of benzene rings is 1. The lowest BCUT2D eigenvalue weighted by molar-refractivity contribution is -0.0466. The van der Waals surface area contributed by atoms with E-state index in [-0.39, 0.29) is 34.5 Å². The number of hydrogen-bond acceptors (Lipinski definition) is 4. The van der Waals surface area contributed by atoms with Crippen molar-refractivity contribution in [2.45, 2.75) is 37.0 Å². The largest absolute Gasteiger partial charge is 0.493 e. The molecule has 1 fully saturated rings. The first kappa shape index (κ1) is 20.8. The van der Waals surface area contributed by atoms with E-state index in [0.717, 1.165) is 6.07 Å². The van der Waals surface area contributed by atoms with Gasteiger partial charge in [-0.3, -0.25) is 4.79 Å². The van der Waals surface area contributed by atoms with Gasteiger partial charge in [-0.2, -0.15) is 9.65 Å². The van der Waals surface area contributed by atoms with Crippen molar-refractivity contribution in [3.05, 3.63) is 69.3 Å². The molecule has 0 aliphatic heterocycles. The van der Waals surface area contributed by atoms with Gasteiger partial charge in [0.15, 0.2) is 22.7 Å². The van der Waals surface area contributed by atoms with Gasteiger partial charge in [-0.1, -0.05) is 6.07 Å². The third kappa shape index (κ3) is 3.63. The maximum absolute atomic E-state index is 14.4. The summed E-state index contributed by atoms with van der Waals surface area (Å²) in [4.78, 5) is 19.6. The molecule has 3 aromatic rings. The summed E-state index contributed by atoms with van der Waals surface area (Å²) in [5.41, 5.74) is 0.175. The Bertz CT molecular complexity index is 1270. The molecule has 2 aromatic heterocycles. The molecule has 0 bridgehead atoms. The van der Waals surface area contributed by atoms with Gasteiger partial charge in [-0.15, -0.1) is 0 Å². The van der Waals surface area contributed by atoms with Gasteiger partial charge in [0.25, 0.3) is 0 Å². The minimum absolute atomic E-state index is 0.0149. The van der Waals surface area contributed by atoms with E-state index in [1.807, 2.05) is 6.07 Å². The highest BCUT2D eigenvalue weighted by molar-refractivity contribution is 5.82. The Morgan fingerprint density at radius 3 is 2.74 bits per heavy atom. The number of rotatable bonds is 3.